The van der Waals surface area contributed by atoms with E-state index >= 15 is 0 Å². The summed E-state index contributed by atoms with van der Waals surface area (Å²) in [7, 11) is 0. The van der Waals surface area contributed by atoms with Gasteiger partial charge in [-0.05, 0) is 37.1 Å². The number of hydrogen-bond donors (Lipinski definition) is 2. The number of pyridine rings is 1. The molecule has 1 aliphatic carbocycles. The van der Waals surface area contributed by atoms with Crippen LogP contribution in [0.25, 0.3) is 10.9 Å². The number of aromatic nitrogens is 1. The fourth-order valence-electron chi connectivity index (χ4n) is 2.05. The summed E-state index contributed by atoms with van der Waals surface area (Å²) in [6.45, 7) is 0.756. The number of anilines is 1. The molecule has 0 bridgehead atoms. The number of nitrogens with zero attached hydrogens (tertiary/aromatic N) is 1. The van der Waals surface area contributed by atoms with Gasteiger partial charge in [0.05, 0.1) is 5.52 Å². The molecule has 0 aliphatic heterocycles. The summed E-state index contributed by atoms with van der Waals surface area (Å²) in [5, 5.41) is 7.29. The number of amides is 1. The minimum Gasteiger partial charge on any atom is -0.326 e. The molecule has 1 heterocycles. The van der Waals surface area contributed by atoms with Crippen molar-refractivity contribution >= 4 is 22.5 Å². The van der Waals surface area contributed by atoms with Gasteiger partial charge in [-0.2, -0.15) is 0 Å². The monoisotopic (exact) mass is 255 g/mol. The van der Waals surface area contributed by atoms with Crippen LogP contribution in [0, 0.1) is 0 Å². The largest absolute Gasteiger partial charge is 0.326 e. The van der Waals surface area contributed by atoms with Gasteiger partial charge in [0.25, 0.3) is 0 Å². The van der Waals surface area contributed by atoms with Crippen LogP contribution >= 0.6 is 0 Å². The SMILES string of the molecule is O=C(CCNC1CC1)Nc1ccc2ncccc2c1. The third-order valence-corrected chi connectivity index (χ3v) is 3.25. The molecule has 2 N–H and O–H groups in total. The van der Waals surface area contributed by atoms with Crippen LogP contribution < -0.4 is 10.6 Å². The first-order valence-corrected chi connectivity index (χ1v) is 6.69. The minimum atomic E-state index is 0.0522. The summed E-state index contributed by atoms with van der Waals surface area (Å²) in [6, 6.07) is 10.3. The Bertz CT molecular complexity index is 593. The van der Waals surface area contributed by atoms with Gasteiger partial charge < -0.3 is 10.6 Å². The number of carbonyl (C=O) groups is 1. The maximum atomic E-state index is 11.8. The van der Waals surface area contributed by atoms with Gasteiger partial charge in [0.1, 0.15) is 0 Å². The molecule has 19 heavy (non-hydrogen) atoms. The molecule has 4 nitrogen and oxygen atoms in total. The lowest BCUT2D eigenvalue weighted by molar-refractivity contribution is -0.116. The maximum Gasteiger partial charge on any atom is 0.225 e. The number of fused-ring (bicyclic) bond motifs is 1. The predicted octanol–water partition coefficient (Wildman–Crippen LogP) is 2.32. The zero-order chi connectivity index (χ0) is 13.1. The molecule has 0 unspecified atom stereocenters. The summed E-state index contributed by atoms with van der Waals surface area (Å²) in [5.41, 5.74) is 1.77. The van der Waals surface area contributed by atoms with Gasteiger partial charge in [0.15, 0.2) is 0 Å². The Hall–Kier alpha value is -1.94. The highest BCUT2D eigenvalue weighted by Gasteiger charge is 2.20. The van der Waals surface area contributed by atoms with E-state index in [2.05, 4.69) is 15.6 Å². The standard InChI is InChI=1S/C15H17N3O/c19-15(7-9-16-12-3-4-12)18-13-5-6-14-11(10-13)2-1-8-17-14/h1-2,5-6,8,10,12,16H,3-4,7,9H2,(H,18,19). The smallest absolute Gasteiger partial charge is 0.225 e. The Balaban J connectivity index is 1.58. The Morgan fingerprint density at radius 3 is 3.05 bits per heavy atom. The van der Waals surface area contributed by atoms with Crippen molar-refractivity contribution in [1.29, 1.82) is 0 Å². The quantitative estimate of drug-likeness (QED) is 0.862. The molecule has 2 aromatic rings. The Kier molecular flexibility index (Phi) is 3.42. The van der Waals surface area contributed by atoms with E-state index in [0.29, 0.717) is 12.5 Å². The van der Waals surface area contributed by atoms with Crippen LogP contribution in [0.15, 0.2) is 36.5 Å². The van der Waals surface area contributed by atoms with E-state index in [-0.39, 0.29) is 5.91 Å². The van der Waals surface area contributed by atoms with E-state index in [0.717, 1.165) is 23.1 Å². The van der Waals surface area contributed by atoms with Crippen LogP contribution in [0.3, 0.4) is 0 Å². The van der Waals surface area contributed by atoms with Crippen molar-refractivity contribution in [2.45, 2.75) is 25.3 Å². The van der Waals surface area contributed by atoms with Gasteiger partial charge in [0.2, 0.25) is 5.91 Å². The molecular formula is C15H17N3O. The number of benzene rings is 1. The first kappa shape index (κ1) is 12.1. The Morgan fingerprint density at radius 2 is 2.21 bits per heavy atom. The zero-order valence-corrected chi connectivity index (χ0v) is 10.7. The third-order valence-electron chi connectivity index (χ3n) is 3.25. The highest BCUT2D eigenvalue weighted by molar-refractivity contribution is 5.93. The van der Waals surface area contributed by atoms with Crippen molar-refractivity contribution in [2.75, 3.05) is 11.9 Å². The molecule has 1 aliphatic rings. The summed E-state index contributed by atoms with van der Waals surface area (Å²) in [6.07, 6.45) is 4.78. The second-order valence-electron chi connectivity index (χ2n) is 4.94. The molecule has 0 spiro atoms. The summed E-state index contributed by atoms with van der Waals surface area (Å²) in [4.78, 5) is 16.0. The number of carbonyl (C=O) groups excluding carboxylic acids is 1. The van der Waals surface area contributed by atoms with E-state index in [1.54, 1.807) is 6.20 Å². The highest BCUT2D eigenvalue weighted by Crippen LogP contribution is 2.19. The minimum absolute atomic E-state index is 0.0522. The summed E-state index contributed by atoms with van der Waals surface area (Å²) in [5.74, 6) is 0.0522. The fraction of sp³-hybridized carbons (Fsp3) is 0.333. The van der Waals surface area contributed by atoms with Gasteiger partial charge in [0, 0.05) is 36.3 Å². The third kappa shape index (κ3) is 3.29. The van der Waals surface area contributed by atoms with Crippen molar-refractivity contribution in [1.82, 2.24) is 10.3 Å². The number of hydrogen-bond acceptors (Lipinski definition) is 3. The van der Waals surface area contributed by atoms with Gasteiger partial charge in [-0.1, -0.05) is 6.07 Å². The molecule has 98 valence electrons. The van der Waals surface area contributed by atoms with E-state index < -0.39 is 0 Å². The van der Waals surface area contributed by atoms with Crippen molar-refractivity contribution in [3.63, 3.8) is 0 Å². The normalized spacial score (nSPS) is 14.5. The average molecular weight is 255 g/mol. The second kappa shape index (κ2) is 5.36. The Labute approximate surface area is 112 Å². The van der Waals surface area contributed by atoms with Gasteiger partial charge in [-0.15, -0.1) is 0 Å². The average Bonchev–Trinajstić information content (AvgIpc) is 3.23. The van der Waals surface area contributed by atoms with Crippen molar-refractivity contribution in [3.05, 3.63) is 36.5 Å². The molecule has 4 heteroatoms. The maximum absolute atomic E-state index is 11.8. The van der Waals surface area contributed by atoms with Gasteiger partial charge in [-0.25, -0.2) is 0 Å². The van der Waals surface area contributed by atoms with Crippen LogP contribution in [-0.4, -0.2) is 23.5 Å². The lowest BCUT2D eigenvalue weighted by Crippen LogP contribution is -2.23. The molecule has 0 saturated heterocycles. The van der Waals surface area contributed by atoms with E-state index in [1.165, 1.54) is 12.8 Å². The lowest BCUT2D eigenvalue weighted by atomic mass is 10.2. The van der Waals surface area contributed by atoms with E-state index in [9.17, 15) is 4.79 Å². The van der Waals surface area contributed by atoms with Crippen molar-refractivity contribution in [2.24, 2.45) is 0 Å². The first-order valence-electron chi connectivity index (χ1n) is 6.69. The number of rotatable bonds is 5. The van der Waals surface area contributed by atoms with Crippen LogP contribution in [0.1, 0.15) is 19.3 Å². The van der Waals surface area contributed by atoms with Gasteiger partial charge in [-0.3, -0.25) is 9.78 Å². The summed E-state index contributed by atoms with van der Waals surface area (Å²) >= 11 is 0. The second-order valence-corrected chi connectivity index (χ2v) is 4.94. The molecule has 1 aromatic carbocycles. The number of nitrogens with one attached hydrogen (secondary N) is 2. The summed E-state index contributed by atoms with van der Waals surface area (Å²) < 4.78 is 0. The lowest BCUT2D eigenvalue weighted by Gasteiger charge is -2.06. The van der Waals surface area contributed by atoms with E-state index in [4.69, 9.17) is 0 Å². The van der Waals surface area contributed by atoms with Crippen LogP contribution in [0.4, 0.5) is 5.69 Å². The topological polar surface area (TPSA) is 54.0 Å². The van der Waals surface area contributed by atoms with Crippen LogP contribution in [0.2, 0.25) is 0 Å². The van der Waals surface area contributed by atoms with E-state index in [1.807, 2.05) is 30.3 Å². The van der Waals surface area contributed by atoms with Crippen LogP contribution in [0.5, 0.6) is 0 Å². The van der Waals surface area contributed by atoms with Crippen LogP contribution in [-0.2, 0) is 4.79 Å². The zero-order valence-electron chi connectivity index (χ0n) is 10.7. The molecule has 0 atom stereocenters. The van der Waals surface area contributed by atoms with Gasteiger partial charge >= 0.3 is 0 Å². The molecular weight excluding hydrogens is 238 g/mol. The molecule has 1 fully saturated rings. The highest BCUT2D eigenvalue weighted by atomic mass is 16.1. The molecule has 0 radical (unpaired) electrons. The predicted molar refractivity (Wildman–Crippen MR) is 76.0 cm³/mol. The van der Waals surface area contributed by atoms with Crippen molar-refractivity contribution in [3.8, 4) is 0 Å². The molecule has 1 aromatic heterocycles. The first-order chi connectivity index (χ1) is 9.31. The molecule has 1 amide bonds. The fourth-order valence-corrected chi connectivity index (χ4v) is 2.05. The molecule has 1 saturated carbocycles. The Morgan fingerprint density at radius 1 is 1.32 bits per heavy atom. The molecule has 3 rings (SSSR count). The van der Waals surface area contributed by atoms with Crippen molar-refractivity contribution < 1.29 is 4.79 Å².